The summed E-state index contributed by atoms with van der Waals surface area (Å²) in [6, 6.07) is 115. The largest absolute Gasteiger partial charge is 0.256 e. The van der Waals surface area contributed by atoms with E-state index in [4.69, 9.17) is 34.9 Å². The molecule has 0 aliphatic rings. The maximum Gasteiger partial charge on any atom is 0.0978 e. The van der Waals surface area contributed by atoms with E-state index < -0.39 is 0 Å². The lowest BCUT2D eigenvalue weighted by molar-refractivity contribution is 1.28. The molecule has 21 rings (SSSR count). The van der Waals surface area contributed by atoms with Crippen LogP contribution in [0.3, 0.4) is 0 Å². The molecule has 0 aliphatic carbocycles. The van der Waals surface area contributed by atoms with Gasteiger partial charge in [-0.15, -0.1) is 0 Å². The summed E-state index contributed by atoms with van der Waals surface area (Å²) in [5.41, 5.74) is 24.8. The highest BCUT2D eigenvalue weighted by molar-refractivity contribution is 6.18. The summed E-state index contributed by atoms with van der Waals surface area (Å²) in [6.07, 6.45) is 5.46. The van der Waals surface area contributed by atoms with Crippen LogP contribution in [0.2, 0.25) is 0 Å². The molecule has 0 unspecified atom stereocenters. The second kappa shape index (κ2) is 24.9. The molecule has 0 radical (unpaired) electrons. The number of nitrogens with zero attached hydrogens (tertiary/aromatic N) is 9. The average molecular weight is 1320 g/mol. The molecule has 0 aliphatic heterocycles. The second-order valence-electron chi connectivity index (χ2n) is 26.3. The minimum absolute atomic E-state index is 0.852. The highest BCUT2D eigenvalue weighted by Gasteiger charge is 2.20. The molecule has 0 spiro atoms. The molecule has 21 aromatic rings. The zero-order valence-corrected chi connectivity index (χ0v) is 55.9. The Hall–Kier alpha value is -14.2. The molecule has 9 heteroatoms. The standard InChI is InChI=1S/C50H30N4.C45H27N5/c1-2-8-32(9-3-1)48-41-10-4-5-11-44(41)54-50-42(48)24-17-33-21-25-43(53-49(33)50)38-19-23-40-37(29-38)16-15-36-28-34(18-22-39(36)40)35-14-13-31-20-26-46(52-47(31)30-35)45-12-6-7-27-51-45;1-2-9-29(10-3-1)42-34-11-4-5-13-37(34)50-45-36(42)20-17-30-19-23-38(49-43(30)45)35-22-21-32(33-12-8-26-47-44(33)35)31-16-15-28-18-24-40(48-41(28)27-31)39-14-6-7-25-46-39/h1-30H;1-27H. The molecule has 0 saturated carbocycles. The van der Waals surface area contributed by atoms with Crippen molar-refractivity contribution in [3.63, 3.8) is 0 Å². The fourth-order valence-electron chi connectivity index (χ4n) is 15.2. The van der Waals surface area contributed by atoms with Crippen LogP contribution in [0.4, 0.5) is 0 Å². The Kier molecular flexibility index (Phi) is 14.4. The fraction of sp³-hybridized carbons (Fsp3) is 0. The minimum Gasteiger partial charge on any atom is -0.256 e. The van der Waals surface area contributed by atoms with Crippen molar-refractivity contribution in [3.8, 4) is 89.8 Å². The maximum absolute atomic E-state index is 5.33. The third kappa shape index (κ3) is 10.5. The molecule has 0 saturated heterocycles. The van der Waals surface area contributed by atoms with Crippen LogP contribution in [-0.4, -0.2) is 44.9 Å². The summed E-state index contributed by atoms with van der Waals surface area (Å²) >= 11 is 0. The monoisotopic (exact) mass is 1320 g/mol. The van der Waals surface area contributed by atoms with E-state index in [0.717, 1.165) is 171 Å². The molecule has 104 heavy (non-hydrogen) atoms. The van der Waals surface area contributed by atoms with Crippen LogP contribution < -0.4 is 0 Å². The van der Waals surface area contributed by atoms with Crippen molar-refractivity contribution in [2.75, 3.05) is 0 Å². The van der Waals surface area contributed by atoms with Gasteiger partial charge in [0.1, 0.15) is 0 Å². The number of pyridine rings is 9. The Balaban J connectivity index is 0.000000139. The Morgan fingerprint density at radius 3 is 1.18 bits per heavy atom. The minimum atomic E-state index is 0.852. The number of para-hydroxylation sites is 2. The Morgan fingerprint density at radius 2 is 0.587 bits per heavy atom. The van der Waals surface area contributed by atoms with Crippen LogP contribution in [0.5, 0.6) is 0 Å². The lowest BCUT2D eigenvalue weighted by Crippen LogP contribution is -1.94. The smallest absolute Gasteiger partial charge is 0.0978 e. The molecule has 12 aromatic carbocycles. The van der Waals surface area contributed by atoms with Crippen LogP contribution in [0.25, 0.3) is 209 Å². The van der Waals surface area contributed by atoms with Crippen molar-refractivity contribution in [2.45, 2.75) is 0 Å². The summed E-state index contributed by atoms with van der Waals surface area (Å²) in [5.74, 6) is 0. The molecule has 482 valence electrons. The van der Waals surface area contributed by atoms with Crippen molar-refractivity contribution in [2.24, 2.45) is 0 Å². The summed E-state index contributed by atoms with van der Waals surface area (Å²) in [4.78, 5) is 44.9. The van der Waals surface area contributed by atoms with Gasteiger partial charge in [-0.3, -0.25) is 15.0 Å². The zero-order chi connectivity index (χ0) is 68.6. The molecular weight excluding hydrogens is 1270 g/mol. The first kappa shape index (κ1) is 59.9. The molecular formula is C95H57N9. The van der Waals surface area contributed by atoms with E-state index in [9.17, 15) is 0 Å². The Morgan fingerprint density at radius 1 is 0.163 bits per heavy atom. The SMILES string of the molecule is c1ccc(-c2c3ccccc3nc3c2ccc2ccc(-c4ccc(-c5ccc6ccc(-c7ccccn7)nc6c5)c5cccnc45)nc23)cc1.c1ccc(-c2c3ccccc3nc3c2ccc2ccc(-c4ccc5c(ccc6cc(-c7ccc8ccc(-c9ccccn9)nc8c7)ccc65)c4)nc23)cc1. The Labute approximate surface area is 596 Å². The molecule has 0 atom stereocenters. The molecule has 0 bridgehead atoms. The first-order chi connectivity index (χ1) is 51.5. The van der Waals surface area contributed by atoms with Crippen LogP contribution in [-0.2, 0) is 0 Å². The van der Waals surface area contributed by atoms with Gasteiger partial charge in [-0.2, -0.15) is 0 Å². The molecule has 9 nitrogen and oxygen atoms in total. The van der Waals surface area contributed by atoms with Gasteiger partial charge in [0.25, 0.3) is 0 Å². The second-order valence-corrected chi connectivity index (χ2v) is 26.3. The highest BCUT2D eigenvalue weighted by Crippen LogP contribution is 2.43. The molecule has 0 amide bonds. The third-order valence-corrected chi connectivity index (χ3v) is 20.2. The van der Waals surface area contributed by atoms with Gasteiger partial charge in [0.05, 0.1) is 83.8 Å². The first-order valence-corrected chi connectivity index (χ1v) is 34.9. The normalized spacial score (nSPS) is 11.7. The van der Waals surface area contributed by atoms with Gasteiger partial charge >= 0.3 is 0 Å². The zero-order valence-electron chi connectivity index (χ0n) is 55.9. The number of hydrogen-bond donors (Lipinski definition) is 0. The average Bonchev–Trinajstić information content (AvgIpc) is 0.711. The fourth-order valence-corrected chi connectivity index (χ4v) is 15.2. The molecule has 0 fully saturated rings. The highest BCUT2D eigenvalue weighted by atomic mass is 14.8. The lowest BCUT2D eigenvalue weighted by Gasteiger charge is -2.14. The van der Waals surface area contributed by atoms with Crippen molar-refractivity contribution < 1.29 is 0 Å². The van der Waals surface area contributed by atoms with Crippen LogP contribution in [0.15, 0.2) is 346 Å². The Bertz CT molecular complexity index is 7030. The first-order valence-electron chi connectivity index (χ1n) is 34.9. The van der Waals surface area contributed by atoms with Gasteiger partial charge in [-0.1, -0.05) is 231 Å². The number of rotatable bonds is 8. The van der Waals surface area contributed by atoms with Gasteiger partial charge in [0, 0.05) is 89.3 Å². The van der Waals surface area contributed by atoms with Gasteiger partial charge in [-0.25, -0.2) is 29.9 Å². The van der Waals surface area contributed by atoms with Gasteiger partial charge < -0.3 is 0 Å². The number of benzene rings is 12. The van der Waals surface area contributed by atoms with E-state index in [1.807, 2.05) is 66.9 Å². The number of aromatic nitrogens is 9. The topological polar surface area (TPSA) is 116 Å². The van der Waals surface area contributed by atoms with Crippen LogP contribution in [0, 0.1) is 0 Å². The van der Waals surface area contributed by atoms with Gasteiger partial charge in [0.2, 0.25) is 0 Å². The van der Waals surface area contributed by atoms with Crippen molar-refractivity contribution in [1.29, 1.82) is 0 Å². The van der Waals surface area contributed by atoms with Crippen molar-refractivity contribution >= 4 is 120 Å². The summed E-state index contributed by atoms with van der Waals surface area (Å²) in [7, 11) is 0. The molecule has 9 heterocycles. The van der Waals surface area contributed by atoms with Gasteiger partial charge in [0.15, 0.2) is 0 Å². The summed E-state index contributed by atoms with van der Waals surface area (Å²) < 4.78 is 0. The molecule has 0 N–H and O–H groups in total. The van der Waals surface area contributed by atoms with E-state index in [1.165, 1.54) is 38.2 Å². The van der Waals surface area contributed by atoms with Crippen LogP contribution in [0.1, 0.15) is 0 Å². The lowest BCUT2D eigenvalue weighted by atomic mass is 9.94. The van der Waals surface area contributed by atoms with Crippen molar-refractivity contribution in [1.82, 2.24) is 44.9 Å². The summed E-state index contributed by atoms with van der Waals surface area (Å²) in [6.45, 7) is 0. The van der Waals surface area contributed by atoms with E-state index in [-0.39, 0.29) is 0 Å². The van der Waals surface area contributed by atoms with Gasteiger partial charge in [-0.05, 0) is 152 Å². The number of hydrogen-bond acceptors (Lipinski definition) is 9. The predicted molar refractivity (Wildman–Crippen MR) is 429 cm³/mol. The van der Waals surface area contributed by atoms with E-state index in [2.05, 4.69) is 277 Å². The predicted octanol–water partition coefficient (Wildman–Crippen LogP) is 23.9. The molecule has 9 aromatic heterocycles. The van der Waals surface area contributed by atoms with E-state index in [1.54, 1.807) is 12.4 Å². The van der Waals surface area contributed by atoms with E-state index in [0.29, 0.717) is 0 Å². The van der Waals surface area contributed by atoms with E-state index >= 15 is 0 Å². The van der Waals surface area contributed by atoms with Crippen molar-refractivity contribution in [3.05, 3.63) is 346 Å². The number of fused-ring (bicyclic) bond motifs is 14. The summed E-state index contributed by atoms with van der Waals surface area (Å²) in [5, 5.41) is 14.7. The quantitative estimate of drug-likeness (QED) is 0.108. The van der Waals surface area contributed by atoms with Crippen LogP contribution >= 0.6 is 0 Å². The maximum atomic E-state index is 5.33. The third-order valence-electron chi connectivity index (χ3n) is 20.2.